The number of aromatic nitrogens is 1. The van der Waals surface area contributed by atoms with Gasteiger partial charge in [-0.05, 0) is 37.1 Å². The van der Waals surface area contributed by atoms with Crippen LogP contribution >= 0.6 is 0 Å². The molecule has 4 heteroatoms. The van der Waals surface area contributed by atoms with Gasteiger partial charge >= 0.3 is 0 Å². The third-order valence-electron chi connectivity index (χ3n) is 3.16. The molecule has 0 radical (unpaired) electrons. The Morgan fingerprint density at radius 2 is 2.00 bits per heavy atom. The molecule has 0 aliphatic rings. The zero-order valence-corrected chi connectivity index (χ0v) is 11.6. The summed E-state index contributed by atoms with van der Waals surface area (Å²) in [4.78, 5) is 6.44. The van der Waals surface area contributed by atoms with Gasteiger partial charge in [-0.3, -0.25) is 0 Å². The highest BCUT2D eigenvalue weighted by Gasteiger charge is 2.06. The van der Waals surface area contributed by atoms with Crippen molar-refractivity contribution in [2.45, 2.75) is 20.4 Å². The second-order valence-corrected chi connectivity index (χ2v) is 4.84. The molecule has 0 aliphatic carbocycles. The third-order valence-corrected chi connectivity index (χ3v) is 3.16. The lowest BCUT2D eigenvalue weighted by Crippen LogP contribution is -2.17. The summed E-state index contributed by atoms with van der Waals surface area (Å²) < 4.78 is 0. The van der Waals surface area contributed by atoms with E-state index in [9.17, 15) is 0 Å². The molecule has 0 atom stereocenters. The third kappa shape index (κ3) is 3.23. The van der Waals surface area contributed by atoms with Crippen LogP contribution in [-0.2, 0) is 6.54 Å². The van der Waals surface area contributed by atoms with Crippen molar-refractivity contribution in [3.63, 3.8) is 0 Å². The largest absolute Gasteiger partial charge is 0.370 e. The van der Waals surface area contributed by atoms with Gasteiger partial charge in [0.05, 0.1) is 0 Å². The molecule has 0 amide bonds. The van der Waals surface area contributed by atoms with Crippen molar-refractivity contribution in [1.82, 2.24) is 4.98 Å². The minimum absolute atomic E-state index is 0.679. The van der Waals surface area contributed by atoms with Gasteiger partial charge in [-0.25, -0.2) is 10.8 Å². The Hall–Kier alpha value is -2.07. The Morgan fingerprint density at radius 3 is 2.58 bits per heavy atom. The molecule has 0 unspecified atom stereocenters. The summed E-state index contributed by atoms with van der Waals surface area (Å²) in [7, 11) is 2.09. The van der Waals surface area contributed by atoms with E-state index in [0.29, 0.717) is 5.82 Å². The molecule has 0 fully saturated rings. The molecular formula is C15H20N4. The molecule has 0 saturated heterocycles. The molecule has 4 nitrogen and oxygen atoms in total. The number of nitrogens with one attached hydrogen (secondary N) is 1. The zero-order chi connectivity index (χ0) is 13.8. The van der Waals surface area contributed by atoms with Crippen LogP contribution in [0.15, 0.2) is 36.5 Å². The molecule has 0 saturated carbocycles. The van der Waals surface area contributed by atoms with Gasteiger partial charge in [-0.1, -0.05) is 23.8 Å². The second kappa shape index (κ2) is 5.71. The van der Waals surface area contributed by atoms with Crippen LogP contribution in [0.4, 0.5) is 11.5 Å². The average molecular weight is 256 g/mol. The number of nitrogens with zero attached hydrogens (tertiary/aromatic N) is 2. The summed E-state index contributed by atoms with van der Waals surface area (Å²) in [5.41, 5.74) is 7.50. The van der Waals surface area contributed by atoms with Crippen LogP contribution in [0.1, 0.15) is 16.7 Å². The number of benzene rings is 1. The maximum absolute atomic E-state index is 5.30. The first-order valence-electron chi connectivity index (χ1n) is 6.30. The normalized spacial score (nSPS) is 10.3. The summed E-state index contributed by atoms with van der Waals surface area (Å²) in [5, 5.41) is 0. The lowest BCUT2D eigenvalue weighted by Gasteiger charge is -2.21. The fourth-order valence-electron chi connectivity index (χ4n) is 2.20. The van der Waals surface area contributed by atoms with Crippen molar-refractivity contribution in [3.05, 3.63) is 53.2 Å². The van der Waals surface area contributed by atoms with Crippen LogP contribution in [0.5, 0.6) is 0 Å². The van der Waals surface area contributed by atoms with Crippen LogP contribution in [0.3, 0.4) is 0 Å². The van der Waals surface area contributed by atoms with Crippen molar-refractivity contribution in [2.24, 2.45) is 5.84 Å². The van der Waals surface area contributed by atoms with E-state index in [4.69, 9.17) is 5.84 Å². The highest BCUT2D eigenvalue weighted by atomic mass is 15.2. The molecule has 19 heavy (non-hydrogen) atoms. The first-order valence-corrected chi connectivity index (χ1v) is 6.30. The van der Waals surface area contributed by atoms with Crippen LogP contribution < -0.4 is 16.2 Å². The van der Waals surface area contributed by atoms with E-state index in [0.717, 1.165) is 12.1 Å². The van der Waals surface area contributed by atoms with Crippen molar-refractivity contribution in [3.8, 4) is 0 Å². The number of anilines is 2. The number of hydrazine groups is 1. The Labute approximate surface area is 114 Å². The van der Waals surface area contributed by atoms with Gasteiger partial charge < -0.3 is 10.3 Å². The van der Waals surface area contributed by atoms with Crippen LogP contribution in [-0.4, -0.2) is 12.0 Å². The number of rotatable bonds is 4. The van der Waals surface area contributed by atoms with Gasteiger partial charge in [-0.2, -0.15) is 0 Å². The van der Waals surface area contributed by atoms with E-state index < -0.39 is 0 Å². The summed E-state index contributed by atoms with van der Waals surface area (Å²) in [6, 6.07) is 10.4. The van der Waals surface area contributed by atoms with Gasteiger partial charge in [0.25, 0.3) is 0 Å². The van der Waals surface area contributed by atoms with Gasteiger partial charge in [0.1, 0.15) is 5.82 Å². The van der Waals surface area contributed by atoms with Crippen molar-refractivity contribution >= 4 is 11.5 Å². The fourth-order valence-corrected chi connectivity index (χ4v) is 2.20. The second-order valence-electron chi connectivity index (χ2n) is 4.84. The summed E-state index contributed by atoms with van der Waals surface area (Å²) in [6.45, 7) is 5.07. The Bertz CT molecular complexity index is 549. The first-order chi connectivity index (χ1) is 9.10. The van der Waals surface area contributed by atoms with E-state index >= 15 is 0 Å². The molecule has 0 spiro atoms. The molecule has 2 rings (SSSR count). The fraction of sp³-hybridized carbons (Fsp3) is 0.267. The van der Waals surface area contributed by atoms with E-state index in [2.05, 4.69) is 54.4 Å². The van der Waals surface area contributed by atoms with Crippen LogP contribution in [0, 0.1) is 13.8 Å². The number of aryl methyl sites for hydroxylation is 2. The van der Waals surface area contributed by atoms with Gasteiger partial charge in [0.15, 0.2) is 0 Å². The number of nitrogen functional groups attached to an aromatic ring is 1. The predicted octanol–water partition coefficient (Wildman–Crippen LogP) is 2.62. The maximum atomic E-state index is 5.30. The standard InChI is InChI=1S/C15H20N4/c1-11-4-6-14(12(2)8-11)19(3)10-13-5-7-15(18-16)17-9-13/h4-9H,10,16H2,1-3H3,(H,17,18). The minimum Gasteiger partial charge on any atom is -0.370 e. The van der Waals surface area contributed by atoms with Gasteiger partial charge in [0, 0.05) is 25.5 Å². The topological polar surface area (TPSA) is 54.2 Å². The van der Waals surface area contributed by atoms with Crippen LogP contribution in [0.25, 0.3) is 0 Å². The predicted molar refractivity (Wildman–Crippen MR) is 80.1 cm³/mol. The Balaban J connectivity index is 2.13. The number of pyridine rings is 1. The minimum atomic E-state index is 0.679. The summed E-state index contributed by atoms with van der Waals surface area (Å²) in [6.07, 6.45) is 1.84. The van der Waals surface area contributed by atoms with E-state index in [1.807, 2.05) is 18.3 Å². The highest BCUT2D eigenvalue weighted by molar-refractivity contribution is 5.54. The Kier molecular flexibility index (Phi) is 4.02. The van der Waals surface area contributed by atoms with E-state index in [-0.39, 0.29) is 0 Å². The van der Waals surface area contributed by atoms with Gasteiger partial charge in [-0.15, -0.1) is 0 Å². The van der Waals surface area contributed by atoms with E-state index in [1.54, 1.807) is 0 Å². The molecule has 0 aliphatic heterocycles. The summed E-state index contributed by atoms with van der Waals surface area (Å²) >= 11 is 0. The van der Waals surface area contributed by atoms with Crippen molar-refractivity contribution < 1.29 is 0 Å². The number of hydrogen-bond donors (Lipinski definition) is 2. The first kappa shape index (κ1) is 13.4. The van der Waals surface area contributed by atoms with Crippen molar-refractivity contribution in [1.29, 1.82) is 0 Å². The Morgan fingerprint density at radius 1 is 1.21 bits per heavy atom. The molecule has 2 aromatic rings. The van der Waals surface area contributed by atoms with Crippen molar-refractivity contribution in [2.75, 3.05) is 17.4 Å². The SMILES string of the molecule is Cc1ccc(N(C)Cc2ccc(NN)nc2)c(C)c1. The van der Waals surface area contributed by atoms with Gasteiger partial charge in [0.2, 0.25) is 0 Å². The average Bonchev–Trinajstić information content (AvgIpc) is 2.39. The quantitative estimate of drug-likeness (QED) is 0.652. The summed E-state index contributed by atoms with van der Waals surface area (Å²) in [5.74, 6) is 5.98. The van der Waals surface area contributed by atoms with E-state index in [1.165, 1.54) is 16.8 Å². The lowest BCUT2D eigenvalue weighted by atomic mass is 10.1. The monoisotopic (exact) mass is 256 g/mol. The molecule has 1 heterocycles. The molecule has 1 aromatic carbocycles. The molecular weight excluding hydrogens is 236 g/mol. The molecule has 3 N–H and O–H groups in total. The smallest absolute Gasteiger partial charge is 0.139 e. The number of hydrogen-bond acceptors (Lipinski definition) is 4. The van der Waals surface area contributed by atoms with Crippen LogP contribution in [0.2, 0.25) is 0 Å². The lowest BCUT2D eigenvalue weighted by molar-refractivity contribution is 0.909. The molecule has 1 aromatic heterocycles. The number of nitrogens with two attached hydrogens (primary N) is 1. The highest BCUT2D eigenvalue weighted by Crippen LogP contribution is 2.21. The maximum Gasteiger partial charge on any atom is 0.139 e. The molecule has 100 valence electrons. The molecule has 0 bridgehead atoms. The zero-order valence-electron chi connectivity index (χ0n) is 11.6.